The van der Waals surface area contributed by atoms with Crippen molar-refractivity contribution in [1.82, 2.24) is 9.80 Å². The van der Waals surface area contributed by atoms with Crippen LogP contribution in [0.3, 0.4) is 0 Å². The van der Waals surface area contributed by atoms with E-state index in [0.29, 0.717) is 25.7 Å². The lowest BCUT2D eigenvalue weighted by Crippen LogP contribution is -2.36. The van der Waals surface area contributed by atoms with Crippen LogP contribution in [0.15, 0.2) is 9.98 Å². The number of carbonyl (C=O) groups excluding carboxylic acids is 4. The van der Waals surface area contributed by atoms with E-state index in [4.69, 9.17) is 31.2 Å². The molecule has 16 nitrogen and oxygen atoms in total. The molecule has 0 aromatic carbocycles. The number of aliphatic imine (C=N–C) groups is 2. The average Bonchev–Trinajstić information content (AvgIpc) is 2.92. The third-order valence-electron chi connectivity index (χ3n) is 6.29. The lowest BCUT2D eigenvalue weighted by Gasteiger charge is -2.23. The van der Waals surface area contributed by atoms with E-state index in [2.05, 4.69) is 9.98 Å². The zero-order valence-electron chi connectivity index (χ0n) is 28.6. The molecule has 6 N–H and O–H groups in total. The van der Waals surface area contributed by atoms with E-state index in [1.54, 1.807) is 41.5 Å². The number of hydrogen-bond acceptors (Lipinski definition) is 10. The summed E-state index contributed by atoms with van der Waals surface area (Å²) in [4.78, 5) is 82.5. The Hall–Kier alpha value is -3.92. The van der Waals surface area contributed by atoms with Crippen molar-refractivity contribution in [3.05, 3.63) is 0 Å². The smallest absolute Gasteiger partial charge is 0.433 e. The van der Waals surface area contributed by atoms with Crippen LogP contribution >= 0.6 is 0 Å². The van der Waals surface area contributed by atoms with E-state index in [9.17, 15) is 28.8 Å². The van der Waals surface area contributed by atoms with Gasteiger partial charge in [-0.2, -0.15) is 9.98 Å². The van der Waals surface area contributed by atoms with Crippen molar-refractivity contribution in [3.63, 3.8) is 0 Å². The van der Waals surface area contributed by atoms with E-state index in [0.717, 1.165) is 0 Å². The van der Waals surface area contributed by atoms with Crippen molar-refractivity contribution in [2.24, 2.45) is 21.5 Å². The van der Waals surface area contributed by atoms with Gasteiger partial charge in [0, 0.05) is 38.4 Å². The molecule has 0 radical (unpaired) electrons. The summed E-state index contributed by atoms with van der Waals surface area (Å²) in [6, 6.07) is -2.02. The highest BCUT2D eigenvalue weighted by atomic mass is 16.6. The summed E-state index contributed by atoms with van der Waals surface area (Å²) in [6.07, 6.45) is 3.43. The summed E-state index contributed by atoms with van der Waals surface area (Å²) < 4.78 is 10.3. The predicted octanol–water partition coefficient (Wildman–Crippen LogP) is 2.99. The van der Waals surface area contributed by atoms with E-state index < -0.39 is 47.4 Å². The quantitative estimate of drug-likeness (QED) is 0.108. The van der Waals surface area contributed by atoms with Gasteiger partial charge in [-0.3, -0.25) is 19.2 Å². The number of carboxylic acids is 2. The highest BCUT2D eigenvalue weighted by molar-refractivity contribution is 5.85. The van der Waals surface area contributed by atoms with Crippen molar-refractivity contribution in [2.45, 2.75) is 123 Å². The Morgan fingerprint density at radius 1 is 0.638 bits per heavy atom. The maximum absolute atomic E-state index is 13.1. The fourth-order valence-corrected chi connectivity index (χ4v) is 3.93. The fourth-order valence-electron chi connectivity index (χ4n) is 3.93. The first-order valence-corrected chi connectivity index (χ1v) is 15.7. The molecule has 0 aliphatic rings. The monoisotopic (exact) mass is 670 g/mol. The third-order valence-corrected chi connectivity index (χ3v) is 6.29. The summed E-state index contributed by atoms with van der Waals surface area (Å²) in [5.41, 5.74) is 9.65. The van der Waals surface area contributed by atoms with Crippen LogP contribution in [-0.2, 0) is 28.7 Å². The van der Waals surface area contributed by atoms with Crippen LogP contribution < -0.4 is 11.5 Å². The summed E-state index contributed by atoms with van der Waals surface area (Å²) in [5, 5.41) is 18.0. The molecule has 0 saturated carbocycles. The van der Waals surface area contributed by atoms with Crippen molar-refractivity contribution >= 4 is 48.4 Å². The van der Waals surface area contributed by atoms with Crippen molar-refractivity contribution in [2.75, 3.05) is 26.2 Å². The molecule has 0 saturated heterocycles. The molecule has 0 heterocycles. The van der Waals surface area contributed by atoms with Crippen LogP contribution in [0.2, 0.25) is 0 Å². The van der Waals surface area contributed by atoms with Gasteiger partial charge in [0.1, 0.15) is 23.3 Å². The summed E-state index contributed by atoms with van der Waals surface area (Å²) >= 11 is 0. The van der Waals surface area contributed by atoms with Gasteiger partial charge in [0.2, 0.25) is 11.8 Å². The molecule has 268 valence electrons. The molecule has 2 atom stereocenters. The number of aliphatic carboxylic acids is 2. The van der Waals surface area contributed by atoms with E-state index >= 15 is 0 Å². The third kappa shape index (κ3) is 23.1. The Balaban J connectivity index is 5.34. The second kappa shape index (κ2) is 21.8. The number of carboxylic acid groups (broad SMARTS) is 2. The molecule has 0 bridgehead atoms. The van der Waals surface area contributed by atoms with Gasteiger partial charge in [-0.25, -0.2) is 9.59 Å². The molecule has 4 amide bonds. The standard InChI is InChI=1S/C31H54N6O10/c1-30(2,3)46-28(44)34-16-20-36(18-9-7-12-22(32)26(40)41)24(38)14-11-15-25(39)37(19-10-8-13-23(33)27(42)43)21-17-35-29(45)47-31(4,5)6/h16-17,22-23H,7-15,18-21,32-33H2,1-6H3,(H,40,41)(H,42,43). The van der Waals surface area contributed by atoms with Crippen LogP contribution in [0.5, 0.6) is 0 Å². The molecule has 0 spiro atoms. The molecule has 2 unspecified atom stereocenters. The molecule has 0 aromatic heterocycles. The molecule has 0 aromatic rings. The second-order valence-corrected chi connectivity index (χ2v) is 13.0. The van der Waals surface area contributed by atoms with Crippen molar-refractivity contribution < 1.29 is 48.5 Å². The number of unbranched alkanes of at least 4 members (excludes halogenated alkanes) is 2. The summed E-state index contributed by atoms with van der Waals surface area (Å²) in [5.74, 6) is -2.81. The summed E-state index contributed by atoms with van der Waals surface area (Å²) in [7, 11) is 0. The molecule has 0 fully saturated rings. The Morgan fingerprint density at radius 3 is 1.28 bits per heavy atom. The minimum Gasteiger partial charge on any atom is -0.480 e. The van der Waals surface area contributed by atoms with Gasteiger partial charge in [-0.05, 0) is 86.5 Å². The highest BCUT2D eigenvalue weighted by Crippen LogP contribution is 2.11. The van der Waals surface area contributed by atoms with Gasteiger partial charge in [-0.15, -0.1) is 0 Å². The number of ether oxygens (including phenoxy) is 2. The van der Waals surface area contributed by atoms with Crippen molar-refractivity contribution in [1.29, 1.82) is 0 Å². The van der Waals surface area contributed by atoms with Crippen LogP contribution in [0.25, 0.3) is 0 Å². The van der Waals surface area contributed by atoms with Crippen LogP contribution in [0.1, 0.15) is 99.3 Å². The Bertz CT molecular complexity index is 1010. The Morgan fingerprint density at radius 2 is 0.979 bits per heavy atom. The number of nitrogens with zero attached hydrogens (tertiary/aromatic N) is 4. The highest BCUT2D eigenvalue weighted by Gasteiger charge is 2.20. The van der Waals surface area contributed by atoms with Crippen LogP contribution in [0, 0.1) is 0 Å². The number of hydrogen-bond donors (Lipinski definition) is 4. The Kier molecular flexibility index (Phi) is 20.0. The number of nitrogens with two attached hydrogens (primary N) is 2. The number of carbonyl (C=O) groups is 6. The normalized spacial score (nSPS) is 13.3. The average molecular weight is 671 g/mol. The van der Waals surface area contributed by atoms with E-state index in [1.165, 1.54) is 22.2 Å². The van der Waals surface area contributed by atoms with Gasteiger partial charge >= 0.3 is 24.1 Å². The second-order valence-electron chi connectivity index (χ2n) is 13.0. The fraction of sp³-hybridized carbons (Fsp3) is 0.742. The largest absolute Gasteiger partial charge is 0.480 e. The number of rotatable bonds is 20. The van der Waals surface area contributed by atoms with Crippen LogP contribution in [-0.4, -0.2) is 118 Å². The minimum atomic E-state index is -1.11. The molecular formula is C31H54N6O10. The first kappa shape index (κ1) is 43.1. The lowest BCUT2D eigenvalue weighted by molar-refractivity contribution is -0.139. The van der Waals surface area contributed by atoms with Gasteiger partial charge < -0.3 is 41.0 Å². The SMILES string of the molecule is CC(C)(C)OC(=O)N=CCN(CCCCC(N)C(=O)O)C(=O)CCCC(=O)N(CC=NC(=O)OC(C)(C)C)CCCCC(N)C(=O)O. The zero-order valence-corrected chi connectivity index (χ0v) is 28.6. The topological polar surface area (TPSA) is 245 Å². The van der Waals surface area contributed by atoms with Crippen LogP contribution in [0.4, 0.5) is 9.59 Å². The minimum absolute atomic E-state index is 0.00272. The van der Waals surface area contributed by atoms with Gasteiger partial charge in [0.15, 0.2) is 0 Å². The molecule has 0 aliphatic carbocycles. The lowest BCUT2D eigenvalue weighted by atomic mass is 10.1. The van der Waals surface area contributed by atoms with Crippen molar-refractivity contribution in [3.8, 4) is 0 Å². The number of amides is 4. The van der Waals surface area contributed by atoms with Gasteiger partial charge in [-0.1, -0.05) is 0 Å². The first-order chi connectivity index (χ1) is 21.7. The maximum atomic E-state index is 13.1. The van der Waals surface area contributed by atoms with E-state index in [1.807, 2.05) is 0 Å². The molecule has 0 aliphatic heterocycles. The van der Waals surface area contributed by atoms with E-state index in [-0.39, 0.29) is 70.1 Å². The maximum Gasteiger partial charge on any atom is 0.433 e. The van der Waals surface area contributed by atoms with Gasteiger partial charge in [0.05, 0.1) is 13.1 Å². The molecule has 16 heteroatoms. The Labute approximate surface area is 276 Å². The summed E-state index contributed by atoms with van der Waals surface area (Å²) in [6.45, 7) is 10.7. The molecule has 0 rings (SSSR count). The van der Waals surface area contributed by atoms with Gasteiger partial charge in [0.25, 0.3) is 0 Å². The molecule has 47 heavy (non-hydrogen) atoms. The first-order valence-electron chi connectivity index (χ1n) is 15.7. The predicted molar refractivity (Wildman–Crippen MR) is 175 cm³/mol. The molecular weight excluding hydrogens is 616 g/mol. The zero-order chi connectivity index (χ0) is 36.2.